The van der Waals surface area contributed by atoms with Crippen LogP contribution >= 0.6 is 0 Å². The third kappa shape index (κ3) is 4.37. The Labute approximate surface area is 155 Å². The molecule has 0 saturated carbocycles. The van der Waals surface area contributed by atoms with Gasteiger partial charge in [0.1, 0.15) is 5.60 Å². The summed E-state index contributed by atoms with van der Waals surface area (Å²) >= 11 is 0. The lowest BCUT2D eigenvalue weighted by Gasteiger charge is -2.41. The van der Waals surface area contributed by atoms with Gasteiger partial charge in [-0.05, 0) is 32.8 Å². The smallest absolute Gasteiger partial charge is 0.434 e. The van der Waals surface area contributed by atoms with E-state index >= 15 is 0 Å². The van der Waals surface area contributed by atoms with Crippen molar-refractivity contribution in [2.45, 2.75) is 45.0 Å². The largest absolute Gasteiger partial charge is 0.444 e. The van der Waals surface area contributed by atoms with E-state index in [-0.39, 0.29) is 12.1 Å². The molecule has 0 bridgehead atoms. The topological polar surface area (TPSA) is 55.3 Å². The van der Waals surface area contributed by atoms with Crippen LogP contribution in [0.3, 0.4) is 0 Å². The van der Waals surface area contributed by atoms with Crippen molar-refractivity contribution < 1.29 is 22.7 Å². The Kier molecular flexibility index (Phi) is 4.84. The highest BCUT2D eigenvalue weighted by Crippen LogP contribution is 2.35. The van der Waals surface area contributed by atoms with Crippen molar-refractivity contribution in [2.24, 2.45) is 0 Å². The molecule has 0 spiro atoms. The molecule has 1 aliphatic heterocycles. The second kappa shape index (κ2) is 6.83. The van der Waals surface area contributed by atoms with Gasteiger partial charge >= 0.3 is 12.3 Å². The molecular formula is C19H20F3N3O2. The third-order valence-corrected chi connectivity index (χ3v) is 4.18. The fourth-order valence-electron chi connectivity index (χ4n) is 2.77. The van der Waals surface area contributed by atoms with Crippen LogP contribution in [-0.4, -0.2) is 33.1 Å². The summed E-state index contributed by atoms with van der Waals surface area (Å²) in [6.45, 7) is 6.09. The fraction of sp³-hybridized carbons (Fsp3) is 0.421. The van der Waals surface area contributed by atoms with E-state index < -0.39 is 17.5 Å². The van der Waals surface area contributed by atoms with E-state index in [1.165, 1.54) is 0 Å². The minimum absolute atomic E-state index is 0.0624. The highest BCUT2D eigenvalue weighted by molar-refractivity contribution is 5.70. The van der Waals surface area contributed by atoms with Crippen molar-refractivity contribution in [3.05, 3.63) is 47.9 Å². The van der Waals surface area contributed by atoms with E-state index in [9.17, 15) is 18.0 Å². The number of benzene rings is 1. The molecule has 0 aliphatic carbocycles. The molecule has 1 saturated heterocycles. The molecule has 1 aliphatic rings. The Morgan fingerprint density at radius 3 is 2.22 bits per heavy atom. The molecule has 1 unspecified atom stereocenters. The van der Waals surface area contributed by atoms with Crippen LogP contribution in [0.4, 0.5) is 18.0 Å². The second-order valence-corrected chi connectivity index (χ2v) is 7.38. The van der Waals surface area contributed by atoms with Gasteiger partial charge < -0.3 is 9.64 Å². The normalized spacial score (nSPS) is 17.4. The average Bonchev–Trinajstić information content (AvgIpc) is 2.52. The number of nitrogens with zero attached hydrogens (tertiary/aromatic N) is 3. The standard InChI is InChI=1S/C19H20F3N3O2/c1-18(2,3)27-17(26)25-9-8-15(25)13-6-4-12(5-7-13)14-10-24-16(11-23-14)19(20,21)22/h4-7,10-11,15H,8-9H2,1-3H3. The Morgan fingerprint density at radius 1 is 1.11 bits per heavy atom. The molecule has 144 valence electrons. The number of hydrogen-bond acceptors (Lipinski definition) is 4. The van der Waals surface area contributed by atoms with Crippen molar-refractivity contribution in [2.75, 3.05) is 6.54 Å². The number of halogens is 3. The van der Waals surface area contributed by atoms with E-state index in [4.69, 9.17) is 4.74 Å². The maximum absolute atomic E-state index is 12.6. The molecule has 27 heavy (non-hydrogen) atoms. The summed E-state index contributed by atoms with van der Waals surface area (Å²) in [5.41, 5.74) is 0.374. The number of likely N-dealkylation sites (tertiary alicyclic amines) is 1. The van der Waals surface area contributed by atoms with Crippen LogP contribution in [0, 0.1) is 0 Å². The van der Waals surface area contributed by atoms with Gasteiger partial charge in [-0.1, -0.05) is 24.3 Å². The Bertz CT molecular complexity index is 812. The van der Waals surface area contributed by atoms with Crippen LogP contribution in [0.25, 0.3) is 11.3 Å². The molecule has 3 rings (SSSR count). The molecule has 2 aromatic rings. The van der Waals surface area contributed by atoms with Gasteiger partial charge in [0.15, 0.2) is 5.69 Å². The zero-order chi connectivity index (χ0) is 19.8. The predicted molar refractivity (Wildman–Crippen MR) is 92.8 cm³/mol. The summed E-state index contributed by atoms with van der Waals surface area (Å²) in [4.78, 5) is 21.1. The lowest BCUT2D eigenvalue weighted by Crippen LogP contribution is -2.47. The zero-order valence-corrected chi connectivity index (χ0v) is 15.2. The number of rotatable bonds is 2. The molecular weight excluding hydrogens is 359 g/mol. The van der Waals surface area contributed by atoms with Gasteiger partial charge in [0.25, 0.3) is 0 Å². The van der Waals surface area contributed by atoms with Crippen molar-refractivity contribution in [3.8, 4) is 11.3 Å². The van der Waals surface area contributed by atoms with E-state index in [0.29, 0.717) is 17.8 Å². The molecule has 1 aromatic heterocycles. The maximum atomic E-state index is 12.6. The van der Waals surface area contributed by atoms with Gasteiger partial charge in [0.2, 0.25) is 0 Å². The summed E-state index contributed by atoms with van der Waals surface area (Å²) in [5, 5.41) is 0. The van der Waals surface area contributed by atoms with E-state index in [1.807, 2.05) is 32.9 Å². The first kappa shape index (κ1) is 19.1. The minimum Gasteiger partial charge on any atom is -0.444 e. The summed E-state index contributed by atoms with van der Waals surface area (Å²) in [6.07, 6.45) is -2.20. The lowest BCUT2D eigenvalue weighted by atomic mass is 9.94. The van der Waals surface area contributed by atoms with Crippen LogP contribution in [0.2, 0.25) is 0 Å². The highest BCUT2D eigenvalue weighted by Gasteiger charge is 2.36. The molecule has 1 fully saturated rings. The Morgan fingerprint density at radius 2 is 1.78 bits per heavy atom. The summed E-state index contributed by atoms with van der Waals surface area (Å²) < 4.78 is 43.1. The van der Waals surface area contributed by atoms with E-state index in [1.54, 1.807) is 17.0 Å². The van der Waals surface area contributed by atoms with Crippen LogP contribution in [-0.2, 0) is 10.9 Å². The van der Waals surface area contributed by atoms with Gasteiger partial charge in [-0.15, -0.1) is 0 Å². The van der Waals surface area contributed by atoms with Gasteiger partial charge in [-0.3, -0.25) is 4.98 Å². The SMILES string of the molecule is CC(C)(C)OC(=O)N1CCC1c1ccc(-c2cnc(C(F)(F)F)cn2)cc1. The molecule has 8 heteroatoms. The van der Waals surface area contributed by atoms with Crippen molar-refractivity contribution in [1.29, 1.82) is 0 Å². The number of carbonyl (C=O) groups is 1. The van der Waals surface area contributed by atoms with Gasteiger partial charge in [0, 0.05) is 12.1 Å². The Hall–Kier alpha value is -2.64. The monoisotopic (exact) mass is 379 g/mol. The lowest BCUT2D eigenvalue weighted by molar-refractivity contribution is -0.141. The van der Waals surface area contributed by atoms with Crippen LogP contribution in [0.5, 0.6) is 0 Å². The molecule has 5 nitrogen and oxygen atoms in total. The molecule has 1 atom stereocenters. The summed E-state index contributed by atoms with van der Waals surface area (Å²) in [6, 6.07) is 7.15. The van der Waals surface area contributed by atoms with E-state index in [2.05, 4.69) is 9.97 Å². The Balaban J connectivity index is 1.71. The number of alkyl halides is 3. The van der Waals surface area contributed by atoms with Gasteiger partial charge in [0.05, 0.1) is 24.1 Å². The molecule has 1 amide bonds. The zero-order valence-electron chi connectivity index (χ0n) is 15.2. The fourth-order valence-corrected chi connectivity index (χ4v) is 2.77. The first-order valence-corrected chi connectivity index (χ1v) is 8.54. The summed E-state index contributed by atoms with van der Waals surface area (Å²) in [5.74, 6) is 0. The molecule has 0 radical (unpaired) electrons. The van der Waals surface area contributed by atoms with Crippen molar-refractivity contribution >= 4 is 6.09 Å². The average molecular weight is 379 g/mol. The number of ether oxygens (including phenoxy) is 1. The number of carbonyl (C=O) groups excluding carboxylic acids is 1. The van der Waals surface area contributed by atoms with Gasteiger partial charge in [-0.25, -0.2) is 9.78 Å². The summed E-state index contributed by atoms with van der Waals surface area (Å²) in [7, 11) is 0. The van der Waals surface area contributed by atoms with Gasteiger partial charge in [-0.2, -0.15) is 13.2 Å². The molecule has 0 N–H and O–H groups in total. The predicted octanol–water partition coefficient (Wildman–Crippen LogP) is 4.84. The number of amides is 1. The number of hydrogen-bond donors (Lipinski definition) is 0. The van der Waals surface area contributed by atoms with E-state index in [0.717, 1.165) is 24.4 Å². The van der Waals surface area contributed by atoms with Crippen LogP contribution < -0.4 is 0 Å². The van der Waals surface area contributed by atoms with Crippen LogP contribution in [0.1, 0.15) is 44.5 Å². The van der Waals surface area contributed by atoms with Crippen LogP contribution in [0.15, 0.2) is 36.7 Å². The molecule has 2 heterocycles. The highest BCUT2D eigenvalue weighted by atomic mass is 19.4. The first-order valence-electron chi connectivity index (χ1n) is 8.54. The van der Waals surface area contributed by atoms with Crippen molar-refractivity contribution in [3.63, 3.8) is 0 Å². The quantitative estimate of drug-likeness (QED) is 0.749. The third-order valence-electron chi connectivity index (χ3n) is 4.18. The first-order chi connectivity index (χ1) is 12.5. The second-order valence-electron chi connectivity index (χ2n) is 7.38. The minimum atomic E-state index is -4.51. The van der Waals surface area contributed by atoms with Crippen molar-refractivity contribution in [1.82, 2.24) is 14.9 Å². The number of aromatic nitrogens is 2. The molecule has 1 aromatic carbocycles. The maximum Gasteiger partial charge on any atom is 0.434 e.